The lowest BCUT2D eigenvalue weighted by molar-refractivity contribution is 0.173. The Balaban J connectivity index is 2.23. The molecule has 0 bridgehead atoms. The molecule has 4 nitrogen and oxygen atoms in total. The van der Waals surface area contributed by atoms with Gasteiger partial charge in [0.15, 0.2) is 11.5 Å². The average Bonchev–Trinajstić information content (AvgIpc) is 2.71. The molecule has 19 heavy (non-hydrogen) atoms. The Hall–Kier alpha value is -1.42. The van der Waals surface area contributed by atoms with Crippen LogP contribution in [0.3, 0.4) is 0 Å². The third-order valence-corrected chi connectivity index (χ3v) is 2.73. The van der Waals surface area contributed by atoms with E-state index < -0.39 is 0 Å². The number of fused-ring (bicyclic) bond motifs is 1. The number of rotatable bonds is 4. The Morgan fingerprint density at radius 3 is 2.42 bits per heavy atom. The topological polar surface area (TPSA) is 39.7 Å². The monoisotopic (exact) mass is 265 g/mol. The minimum atomic E-state index is 0.0610. The molecule has 0 aromatic heterocycles. The van der Waals surface area contributed by atoms with Crippen molar-refractivity contribution < 1.29 is 14.2 Å². The summed E-state index contributed by atoms with van der Waals surface area (Å²) >= 11 is 0. The first kappa shape index (κ1) is 14.0. The lowest BCUT2D eigenvalue weighted by Gasteiger charge is -2.22. The summed E-state index contributed by atoms with van der Waals surface area (Å²) in [6.07, 6.45) is 0.133. The van der Waals surface area contributed by atoms with Crippen molar-refractivity contribution in [3.05, 3.63) is 17.7 Å². The Bertz CT molecular complexity index is 449. The van der Waals surface area contributed by atoms with E-state index in [1.807, 2.05) is 26.0 Å². The minimum absolute atomic E-state index is 0.0610. The Morgan fingerprint density at radius 2 is 1.84 bits per heavy atom. The molecule has 0 aliphatic carbocycles. The van der Waals surface area contributed by atoms with Crippen molar-refractivity contribution in [2.75, 3.05) is 6.79 Å². The average molecular weight is 265 g/mol. The molecule has 1 aromatic rings. The fourth-order valence-electron chi connectivity index (χ4n) is 1.83. The van der Waals surface area contributed by atoms with Crippen LogP contribution in [0.4, 0.5) is 0 Å². The Labute approximate surface area is 115 Å². The van der Waals surface area contributed by atoms with Crippen molar-refractivity contribution in [1.29, 1.82) is 0 Å². The van der Waals surface area contributed by atoms with Crippen LogP contribution in [0.25, 0.3) is 0 Å². The van der Waals surface area contributed by atoms with Gasteiger partial charge in [-0.25, -0.2) is 0 Å². The van der Waals surface area contributed by atoms with Gasteiger partial charge in [0.2, 0.25) is 6.79 Å². The summed E-state index contributed by atoms with van der Waals surface area (Å²) in [6, 6.07) is 3.92. The molecule has 0 fully saturated rings. The predicted octanol–water partition coefficient (Wildman–Crippen LogP) is 3.09. The molecular formula is C15H23NO3. The molecule has 1 heterocycles. The Kier molecular flexibility index (Phi) is 3.90. The highest BCUT2D eigenvalue weighted by Gasteiger charge is 2.19. The van der Waals surface area contributed by atoms with Crippen LogP contribution in [-0.2, 0) is 6.54 Å². The summed E-state index contributed by atoms with van der Waals surface area (Å²) in [5, 5.41) is 3.47. The number of hydrogen-bond acceptors (Lipinski definition) is 4. The van der Waals surface area contributed by atoms with Crippen molar-refractivity contribution >= 4 is 0 Å². The van der Waals surface area contributed by atoms with E-state index in [-0.39, 0.29) is 18.4 Å². The van der Waals surface area contributed by atoms with Gasteiger partial charge in [0.25, 0.3) is 0 Å². The quantitative estimate of drug-likeness (QED) is 0.908. The lowest BCUT2D eigenvalue weighted by Crippen LogP contribution is -2.35. The number of benzene rings is 1. The second-order valence-corrected chi connectivity index (χ2v) is 6.08. The highest BCUT2D eigenvalue weighted by molar-refractivity contribution is 5.51. The smallest absolute Gasteiger partial charge is 0.231 e. The maximum Gasteiger partial charge on any atom is 0.231 e. The van der Waals surface area contributed by atoms with Gasteiger partial charge in [0.1, 0.15) is 5.75 Å². The van der Waals surface area contributed by atoms with Crippen LogP contribution in [0.2, 0.25) is 0 Å². The van der Waals surface area contributed by atoms with Gasteiger partial charge >= 0.3 is 0 Å². The summed E-state index contributed by atoms with van der Waals surface area (Å²) in [5.74, 6) is 2.41. The highest BCUT2D eigenvalue weighted by atomic mass is 16.7. The zero-order valence-electron chi connectivity index (χ0n) is 12.4. The van der Waals surface area contributed by atoms with Crippen LogP contribution < -0.4 is 19.5 Å². The predicted molar refractivity (Wildman–Crippen MR) is 74.9 cm³/mol. The molecule has 106 valence electrons. The maximum absolute atomic E-state index is 5.86. The van der Waals surface area contributed by atoms with Gasteiger partial charge in [0.05, 0.1) is 6.10 Å². The van der Waals surface area contributed by atoms with Crippen LogP contribution in [-0.4, -0.2) is 18.4 Å². The largest absolute Gasteiger partial charge is 0.491 e. The molecule has 0 spiro atoms. The van der Waals surface area contributed by atoms with Crippen molar-refractivity contribution in [3.63, 3.8) is 0 Å². The van der Waals surface area contributed by atoms with Gasteiger partial charge in [-0.3, -0.25) is 0 Å². The standard InChI is InChI=1S/C15H23NO3/c1-10(2)19-12-7-14-13(17-9-18-14)6-11(12)8-16-15(3,4)5/h6-7,10,16H,8-9H2,1-5H3. The van der Waals surface area contributed by atoms with Gasteiger partial charge < -0.3 is 19.5 Å². The number of hydrogen-bond donors (Lipinski definition) is 1. The maximum atomic E-state index is 5.86. The first-order valence-corrected chi connectivity index (χ1v) is 6.69. The van der Waals surface area contributed by atoms with E-state index >= 15 is 0 Å². The zero-order valence-corrected chi connectivity index (χ0v) is 12.4. The summed E-state index contributed by atoms with van der Waals surface area (Å²) in [4.78, 5) is 0. The summed E-state index contributed by atoms with van der Waals surface area (Å²) in [7, 11) is 0. The van der Waals surface area contributed by atoms with Crippen molar-refractivity contribution in [1.82, 2.24) is 5.32 Å². The molecule has 1 aliphatic heterocycles. The molecule has 1 N–H and O–H groups in total. The van der Waals surface area contributed by atoms with E-state index in [0.717, 1.165) is 29.4 Å². The van der Waals surface area contributed by atoms with Gasteiger partial charge in [-0.1, -0.05) is 0 Å². The van der Waals surface area contributed by atoms with Gasteiger partial charge in [-0.15, -0.1) is 0 Å². The van der Waals surface area contributed by atoms with Crippen LogP contribution >= 0.6 is 0 Å². The van der Waals surface area contributed by atoms with E-state index in [1.54, 1.807) is 0 Å². The molecular weight excluding hydrogens is 242 g/mol. The fourth-order valence-corrected chi connectivity index (χ4v) is 1.83. The normalized spacial score (nSPS) is 14.0. The molecule has 4 heteroatoms. The lowest BCUT2D eigenvalue weighted by atomic mass is 10.1. The van der Waals surface area contributed by atoms with E-state index in [4.69, 9.17) is 14.2 Å². The van der Waals surface area contributed by atoms with Crippen molar-refractivity contribution in [3.8, 4) is 17.2 Å². The molecule has 2 rings (SSSR count). The summed E-state index contributed by atoms with van der Waals surface area (Å²) < 4.78 is 16.7. The molecule has 0 radical (unpaired) electrons. The number of nitrogens with one attached hydrogen (secondary N) is 1. The van der Waals surface area contributed by atoms with Gasteiger partial charge in [0, 0.05) is 23.7 Å². The second kappa shape index (κ2) is 5.29. The van der Waals surface area contributed by atoms with Crippen LogP contribution in [0.15, 0.2) is 12.1 Å². The number of ether oxygens (including phenoxy) is 3. The van der Waals surface area contributed by atoms with E-state index in [2.05, 4.69) is 26.1 Å². The first-order valence-electron chi connectivity index (χ1n) is 6.69. The van der Waals surface area contributed by atoms with Crippen molar-refractivity contribution in [2.45, 2.75) is 52.8 Å². The minimum Gasteiger partial charge on any atom is -0.491 e. The van der Waals surface area contributed by atoms with E-state index in [1.165, 1.54) is 0 Å². The molecule has 1 aromatic carbocycles. The third-order valence-electron chi connectivity index (χ3n) is 2.73. The first-order chi connectivity index (χ1) is 8.85. The van der Waals surface area contributed by atoms with E-state index in [9.17, 15) is 0 Å². The van der Waals surface area contributed by atoms with Crippen LogP contribution in [0.5, 0.6) is 17.2 Å². The molecule has 1 aliphatic rings. The zero-order chi connectivity index (χ0) is 14.0. The fraction of sp³-hybridized carbons (Fsp3) is 0.600. The molecule has 0 saturated heterocycles. The Morgan fingerprint density at radius 1 is 1.21 bits per heavy atom. The van der Waals surface area contributed by atoms with Crippen LogP contribution in [0, 0.1) is 0 Å². The second-order valence-electron chi connectivity index (χ2n) is 6.08. The third kappa shape index (κ3) is 3.77. The van der Waals surface area contributed by atoms with Crippen LogP contribution in [0.1, 0.15) is 40.2 Å². The molecule has 0 unspecified atom stereocenters. The highest BCUT2D eigenvalue weighted by Crippen LogP contribution is 2.38. The van der Waals surface area contributed by atoms with Gasteiger partial charge in [-0.05, 0) is 40.7 Å². The molecule has 0 amide bonds. The summed E-state index contributed by atoms with van der Waals surface area (Å²) in [6.45, 7) is 11.5. The molecule has 0 saturated carbocycles. The molecule has 0 atom stereocenters. The summed E-state index contributed by atoms with van der Waals surface area (Å²) in [5.41, 5.74) is 1.15. The van der Waals surface area contributed by atoms with E-state index in [0.29, 0.717) is 0 Å². The van der Waals surface area contributed by atoms with Crippen molar-refractivity contribution in [2.24, 2.45) is 0 Å². The van der Waals surface area contributed by atoms with Gasteiger partial charge in [-0.2, -0.15) is 0 Å². The SMILES string of the molecule is CC(C)Oc1cc2c(cc1CNC(C)(C)C)OCO2.